The third kappa shape index (κ3) is 2.92. The molecule has 0 saturated carbocycles. The first kappa shape index (κ1) is 12.5. The molecule has 0 aliphatic carbocycles. The highest BCUT2D eigenvalue weighted by Crippen LogP contribution is 2.18. The fourth-order valence-electron chi connectivity index (χ4n) is 2.14. The Labute approximate surface area is 91.9 Å². The number of rotatable bonds is 5. The third-order valence-corrected chi connectivity index (χ3v) is 3.04. The lowest BCUT2D eigenvalue weighted by Gasteiger charge is -2.31. The first-order valence-electron chi connectivity index (χ1n) is 5.69. The van der Waals surface area contributed by atoms with Crippen LogP contribution in [-0.2, 0) is 4.79 Å². The number of hydrogen-bond donors (Lipinski definition) is 1. The normalized spacial score (nSPS) is 22.1. The van der Waals surface area contributed by atoms with Crippen molar-refractivity contribution in [2.45, 2.75) is 38.8 Å². The molecule has 1 heterocycles. The van der Waals surface area contributed by atoms with Crippen LogP contribution in [0, 0.1) is 0 Å². The zero-order valence-corrected chi connectivity index (χ0v) is 9.94. The molecular formula is C11H22N2O2. The Morgan fingerprint density at radius 1 is 1.60 bits per heavy atom. The molecule has 1 fully saturated rings. The van der Waals surface area contributed by atoms with Crippen LogP contribution in [0.3, 0.4) is 0 Å². The van der Waals surface area contributed by atoms with Crippen molar-refractivity contribution < 1.29 is 9.90 Å². The second-order valence-corrected chi connectivity index (χ2v) is 4.47. The van der Waals surface area contributed by atoms with Gasteiger partial charge >= 0.3 is 0 Å². The molecule has 0 radical (unpaired) electrons. The van der Waals surface area contributed by atoms with E-state index in [0.717, 1.165) is 25.9 Å². The number of hydrogen-bond acceptors (Lipinski definition) is 3. The highest BCUT2D eigenvalue weighted by atomic mass is 16.3. The third-order valence-electron chi connectivity index (χ3n) is 3.04. The number of aliphatic hydroxyl groups excluding tert-OH is 1. The van der Waals surface area contributed by atoms with Crippen LogP contribution in [0.15, 0.2) is 0 Å². The topological polar surface area (TPSA) is 43.8 Å². The van der Waals surface area contributed by atoms with E-state index in [-0.39, 0.29) is 18.6 Å². The van der Waals surface area contributed by atoms with Gasteiger partial charge in [0.1, 0.15) is 0 Å². The highest BCUT2D eigenvalue weighted by molar-refractivity contribution is 5.83. The van der Waals surface area contributed by atoms with Gasteiger partial charge in [0.25, 0.3) is 0 Å². The van der Waals surface area contributed by atoms with Crippen molar-refractivity contribution in [2.75, 3.05) is 26.7 Å². The standard InChI is InChI=1S/C11H22N2O2/c1-9(2)13(6-4-8-14)10-5-7-12(3)11(10)15/h9-10,14H,4-8H2,1-3H3. The molecule has 1 unspecified atom stereocenters. The fraction of sp³-hybridized carbons (Fsp3) is 0.909. The lowest BCUT2D eigenvalue weighted by Crippen LogP contribution is -2.45. The number of nitrogens with zero attached hydrogens (tertiary/aromatic N) is 2. The first-order chi connectivity index (χ1) is 7.07. The second-order valence-electron chi connectivity index (χ2n) is 4.47. The number of likely N-dealkylation sites (tertiary alicyclic amines) is 1. The number of amides is 1. The molecule has 0 spiro atoms. The summed E-state index contributed by atoms with van der Waals surface area (Å²) in [4.78, 5) is 15.8. The highest BCUT2D eigenvalue weighted by Gasteiger charge is 2.34. The van der Waals surface area contributed by atoms with Gasteiger partial charge in [-0.1, -0.05) is 0 Å². The molecule has 1 aliphatic rings. The molecule has 1 rings (SSSR count). The van der Waals surface area contributed by atoms with Gasteiger partial charge in [-0.25, -0.2) is 0 Å². The Bertz CT molecular complexity index is 219. The average molecular weight is 214 g/mol. The van der Waals surface area contributed by atoms with Crippen LogP contribution < -0.4 is 0 Å². The first-order valence-corrected chi connectivity index (χ1v) is 5.69. The van der Waals surface area contributed by atoms with Crippen LogP contribution >= 0.6 is 0 Å². The molecule has 0 aromatic carbocycles. The smallest absolute Gasteiger partial charge is 0.239 e. The molecule has 88 valence electrons. The molecule has 15 heavy (non-hydrogen) atoms. The van der Waals surface area contributed by atoms with Crippen LogP contribution in [0.4, 0.5) is 0 Å². The van der Waals surface area contributed by atoms with Gasteiger partial charge in [-0.15, -0.1) is 0 Å². The van der Waals surface area contributed by atoms with Crippen LogP contribution in [-0.4, -0.2) is 59.6 Å². The van der Waals surface area contributed by atoms with Crippen LogP contribution in [0.25, 0.3) is 0 Å². The molecular weight excluding hydrogens is 192 g/mol. The van der Waals surface area contributed by atoms with E-state index in [4.69, 9.17) is 5.11 Å². The summed E-state index contributed by atoms with van der Waals surface area (Å²) in [5.74, 6) is 0.224. The number of carbonyl (C=O) groups is 1. The van der Waals surface area contributed by atoms with Crippen LogP contribution in [0.5, 0.6) is 0 Å². The van der Waals surface area contributed by atoms with E-state index in [1.54, 1.807) is 4.90 Å². The predicted octanol–water partition coefficient (Wildman–Crippen LogP) is 0.310. The summed E-state index contributed by atoms with van der Waals surface area (Å²) in [5.41, 5.74) is 0. The molecule has 0 aromatic heterocycles. The van der Waals surface area contributed by atoms with Gasteiger partial charge in [-0.05, 0) is 26.7 Å². The Hall–Kier alpha value is -0.610. The summed E-state index contributed by atoms with van der Waals surface area (Å²) >= 11 is 0. The van der Waals surface area contributed by atoms with Crippen LogP contribution in [0.1, 0.15) is 26.7 Å². The van der Waals surface area contributed by atoms with Crippen molar-refractivity contribution in [3.63, 3.8) is 0 Å². The van der Waals surface area contributed by atoms with E-state index in [0.29, 0.717) is 6.04 Å². The van der Waals surface area contributed by atoms with Gasteiger partial charge in [-0.2, -0.15) is 0 Å². The Morgan fingerprint density at radius 3 is 2.67 bits per heavy atom. The van der Waals surface area contributed by atoms with Crippen molar-refractivity contribution in [1.82, 2.24) is 9.80 Å². The summed E-state index contributed by atoms with van der Waals surface area (Å²) in [6, 6.07) is 0.388. The zero-order valence-electron chi connectivity index (χ0n) is 9.94. The molecule has 4 heteroatoms. The van der Waals surface area contributed by atoms with Crippen LogP contribution in [0.2, 0.25) is 0 Å². The maximum absolute atomic E-state index is 11.8. The summed E-state index contributed by atoms with van der Waals surface area (Å²) in [6.07, 6.45) is 1.66. The summed E-state index contributed by atoms with van der Waals surface area (Å²) in [7, 11) is 1.85. The minimum Gasteiger partial charge on any atom is -0.396 e. The number of aliphatic hydroxyl groups is 1. The average Bonchev–Trinajstić information content (AvgIpc) is 2.50. The molecule has 1 amide bonds. The van der Waals surface area contributed by atoms with Crippen molar-refractivity contribution in [3.8, 4) is 0 Å². The molecule has 1 N–H and O–H groups in total. The van der Waals surface area contributed by atoms with Crippen molar-refractivity contribution in [1.29, 1.82) is 0 Å². The maximum atomic E-state index is 11.8. The van der Waals surface area contributed by atoms with E-state index in [2.05, 4.69) is 18.7 Å². The van der Waals surface area contributed by atoms with Gasteiger partial charge < -0.3 is 10.0 Å². The van der Waals surface area contributed by atoms with E-state index in [9.17, 15) is 4.79 Å². The van der Waals surface area contributed by atoms with E-state index < -0.39 is 0 Å². The molecule has 1 aliphatic heterocycles. The minimum atomic E-state index is 0.0292. The van der Waals surface area contributed by atoms with Gasteiger partial charge in [0.2, 0.25) is 5.91 Å². The van der Waals surface area contributed by atoms with Gasteiger partial charge in [0.15, 0.2) is 0 Å². The van der Waals surface area contributed by atoms with Gasteiger partial charge in [0, 0.05) is 32.8 Å². The molecule has 0 aromatic rings. The molecule has 0 bridgehead atoms. The summed E-state index contributed by atoms with van der Waals surface area (Å²) in [6.45, 7) is 6.05. The monoisotopic (exact) mass is 214 g/mol. The van der Waals surface area contributed by atoms with Gasteiger partial charge in [0.05, 0.1) is 6.04 Å². The Balaban J connectivity index is 2.59. The SMILES string of the molecule is CC(C)N(CCCO)C1CCN(C)C1=O. The van der Waals surface area contributed by atoms with Gasteiger partial charge in [-0.3, -0.25) is 9.69 Å². The Morgan fingerprint density at radius 2 is 2.27 bits per heavy atom. The van der Waals surface area contributed by atoms with E-state index >= 15 is 0 Å². The lowest BCUT2D eigenvalue weighted by molar-refractivity contribution is -0.131. The zero-order chi connectivity index (χ0) is 11.4. The molecule has 4 nitrogen and oxygen atoms in total. The van der Waals surface area contributed by atoms with Crippen molar-refractivity contribution in [2.24, 2.45) is 0 Å². The largest absolute Gasteiger partial charge is 0.396 e. The number of carbonyl (C=O) groups excluding carboxylic acids is 1. The van der Waals surface area contributed by atoms with Crippen molar-refractivity contribution in [3.05, 3.63) is 0 Å². The lowest BCUT2D eigenvalue weighted by atomic mass is 10.1. The minimum absolute atomic E-state index is 0.0292. The Kier molecular flexibility index (Phi) is 4.54. The predicted molar refractivity (Wildman–Crippen MR) is 59.6 cm³/mol. The van der Waals surface area contributed by atoms with E-state index in [1.807, 2.05) is 7.05 Å². The molecule has 1 saturated heterocycles. The second kappa shape index (κ2) is 5.47. The summed E-state index contributed by atoms with van der Waals surface area (Å²) < 4.78 is 0. The maximum Gasteiger partial charge on any atom is 0.239 e. The number of likely N-dealkylation sites (N-methyl/N-ethyl adjacent to an activating group) is 1. The quantitative estimate of drug-likeness (QED) is 0.716. The molecule has 1 atom stereocenters. The van der Waals surface area contributed by atoms with E-state index in [1.165, 1.54) is 0 Å². The summed E-state index contributed by atoms with van der Waals surface area (Å²) in [5, 5.41) is 8.84. The fourth-order valence-corrected chi connectivity index (χ4v) is 2.14. The van der Waals surface area contributed by atoms with Crippen molar-refractivity contribution >= 4 is 5.91 Å².